The van der Waals surface area contributed by atoms with Crippen molar-refractivity contribution in [3.05, 3.63) is 24.4 Å². The maximum atomic E-state index is 8.88. The first-order valence-corrected chi connectivity index (χ1v) is 6.89. The van der Waals surface area contributed by atoms with Gasteiger partial charge in [0.1, 0.15) is 0 Å². The van der Waals surface area contributed by atoms with Gasteiger partial charge in [0.25, 0.3) is 0 Å². The molecule has 1 aromatic heterocycles. The van der Waals surface area contributed by atoms with E-state index in [9.17, 15) is 0 Å². The van der Waals surface area contributed by atoms with Gasteiger partial charge in [0, 0.05) is 24.5 Å². The number of likely N-dealkylation sites (tertiary alicyclic amines) is 1. The van der Waals surface area contributed by atoms with E-state index in [2.05, 4.69) is 22.0 Å². The van der Waals surface area contributed by atoms with Crippen molar-refractivity contribution in [2.75, 3.05) is 13.1 Å². The molecule has 0 bridgehead atoms. The van der Waals surface area contributed by atoms with Crippen molar-refractivity contribution < 1.29 is 0 Å². The Morgan fingerprint density at radius 1 is 1.47 bits per heavy atom. The van der Waals surface area contributed by atoms with Crippen LogP contribution in [0, 0.1) is 11.3 Å². The van der Waals surface area contributed by atoms with Crippen LogP contribution in [-0.2, 0) is 0 Å². The molecule has 1 fully saturated rings. The zero-order chi connectivity index (χ0) is 12.1. The van der Waals surface area contributed by atoms with E-state index in [1.807, 2.05) is 37.0 Å². The van der Waals surface area contributed by atoms with Crippen molar-refractivity contribution >= 4 is 11.8 Å². The van der Waals surface area contributed by atoms with Gasteiger partial charge in [0.15, 0.2) is 0 Å². The number of thioether (sulfide) groups is 1. The van der Waals surface area contributed by atoms with Gasteiger partial charge in [-0.2, -0.15) is 5.26 Å². The summed E-state index contributed by atoms with van der Waals surface area (Å²) in [6.45, 7) is 4.03. The minimum atomic E-state index is 0.0517. The second-order valence-electron chi connectivity index (χ2n) is 4.33. The molecule has 2 rings (SSSR count). The maximum Gasteiger partial charge on any atom is 0.0962 e. The lowest BCUT2D eigenvalue weighted by molar-refractivity contribution is 0.208. The molecule has 1 aliphatic rings. The summed E-state index contributed by atoms with van der Waals surface area (Å²) in [5.74, 6) is 0. The van der Waals surface area contributed by atoms with Gasteiger partial charge in [-0.3, -0.25) is 4.90 Å². The molecule has 3 nitrogen and oxygen atoms in total. The molecular formula is C13H17N3S. The Balaban J connectivity index is 1.82. The van der Waals surface area contributed by atoms with E-state index >= 15 is 0 Å². The number of hydrogen-bond acceptors (Lipinski definition) is 4. The molecule has 0 aromatic carbocycles. The molecule has 1 unspecified atom stereocenters. The molecule has 1 aromatic rings. The lowest BCUT2D eigenvalue weighted by Gasteiger charge is -2.32. The first-order valence-electron chi connectivity index (χ1n) is 6.01. The third-order valence-corrected chi connectivity index (χ3v) is 4.42. The molecule has 2 heterocycles. The highest BCUT2D eigenvalue weighted by Gasteiger charge is 2.23. The fourth-order valence-electron chi connectivity index (χ4n) is 2.05. The molecule has 1 saturated heterocycles. The minimum absolute atomic E-state index is 0.0517. The Bertz CT molecular complexity index is 379. The fourth-order valence-corrected chi connectivity index (χ4v) is 3.12. The third kappa shape index (κ3) is 3.45. The minimum Gasteiger partial charge on any atom is -0.288 e. The number of pyridine rings is 1. The number of nitriles is 1. The van der Waals surface area contributed by atoms with Crippen molar-refractivity contribution in [1.29, 1.82) is 5.26 Å². The van der Waals surface area contributed by atoms with Crippen LogP contribution in [0.1, 0.15) is 19.8 Å². The third-order valence-electron chi connectivity index (χ3n) is 3.14. The molecule has 0 saturated carbocycles. The van der Waals surface area contributed by atoms with Crippen molar-refractivity contribution in [3.63, 3.8) is 0 Å². The molecule has 90 valence electrons. The standard InChI is InChI=1S/C13H17N3S/c1-11(10-14)16-8-5-12(6-9-16)17-13-4-2-3-7-15-13/h2-4,7,11-12H,5-6,8-9H2,1H3. The zero-order valence-electron chi connectivity index (χ0n) is 10.0. The number of piperidine rings is 1. The van der Waals surface area contributed by atoms with E-state index < -0.39 is 0 Å². The highest BCUT2D eigenvalue weighted by atomic mass is 32.2. The summed E-state index contributed by atoms with van der Waals surface area (Å²) < 4.78 is 0. The first kappa shape index (κ1) is 12.4. The summed E-state index contributed by atoms with van der Waals surface area (Å²) in [6, 6.07) is 8.40. The molecule has 0 aliphatic carbocycles. The quantitative estimate of drug-likeness (QED) is 0.823. The monoisotopic (exact) mass is 247 g/mol. The Morgan fingerprint density at radius 2 is 2.24 bits per heavy atom. The summed E-state index contributed by atoms with van der Waals surface area (Å²) in [5, 5.41) is 10.6. The Morgan fingerprint density at radius 3 is 2.82 bits per heavy atom. The Labute approximate surface area is 107 Å². The van der Waals surface area contributed by atoms with E-state index in [0.29, 0.717) is 5.25 Å². The topological polar surface area (TPSA) is 39.9 Å². The number of rotatable bonds is 3. The SMILES string of the molecule is CC(C#N)N1CCC(Sc2ccccn2)CC1. The van der Waals surface area contributed by atoms with Crippen molar-refractivity contribution in [2.45, 2.75) is 36.1 Å². The summed E-state index contributed by atoms with van der Waals surface area (Å²) >= 11 is 1.87. The van der Waals surface area contributed by atoms with Crippen LogP contribution in [0.15, 0.2) is 29.4 Å². The van der Waals surface area contributed by atoms with Gasteiger partial charge in [0.2, 0.25) is 0 Å². The van der Waals surface area contributed by atoms with Gasteiger partial charge < -0.3 is 0 Å². The van der Waals surface area contributed by atoms with Crippen LogP contribution < -0.4 is 0 Å². The van der Waals surface area contributed by atoms with Crippen LogP contribution in [-0.4, -0.2) is 34.3 Å². The molecule has 0 spiro atoms. The smallest absolute Gasteiger partial charge is 0.0962 e. The van der Waals surface area contributed by atoms with Gasteiger partial charge >= 0.3 is 0 Å². The molecule has 0 amide bonds. The van der Waals surface area contributed by atoms with Crippen LogP contribution >= 0.6 is 11.8 Å². The Kier molecular flexibility index (Phi) is 4.41. The lowest BCUT2D eigenvalue weighted by Crippen LogP contribution is -2.40. The van der Waals surface area contributed by atoms with Gasteiger partial charge in [-0.15, -0.1) is 11.8 Å². The maximum absolute atomic E-state index is 8.88. The second kappa shape index (κ2) is 6.04. The molecule has 0 N–H and O–H groups in total. The van der Waals surface area contributed by atoms with Crippen LogP contribution in [0.3, 0.4) is 0 Å². The summed E-state index contributed by atoms with van der Waals surface area (Å²) in [6.07, 6.45) is 4.13. The van der Waals surface area contributed by atoms with Crippen LogP contribution in [0.2, 0.25) is 0 Å². The van der Waals surface area contributed by atoms with E-state index in [1.165, 1.54) is 0 Å². The van der Waals surface area contributed by atoms with Gasteiger partial charge in [-0.05, 0) is 31.9 Å². The summed E-state index contributed by atoms with van der Waals surface area (Å²) in [4.78, 5) is 6.60. The van der Waals surface area contributed by atoms with E-state index in [0.717, 1.165) is 31.0 Å². The number of hydrogen-bond donors (Lipinski definition) is 0. The van der Waals surface area contributed by atoms with Gasteiger partial charge in [-0.1, -0.05) is 6.07 Å². The van der Waals surface area contributed by atoms with E-state index in [1.54, 1.807) is 0 Å². The molecule has 17 heavy (non-hydrogen) atoms. The van der Waals surface area contributed by atoms with Crippen LogP contribution in [0.25, 0.3) is 0 Å². The average Bonchev–Trinajstić information content (AvgIpc) is 2.40. The number of aromatic nitrogens is 1. The summed E-state index contributed by atoms with van der Waals surface area (Å²) in [5.41, 5.74) is 0. The van der Waals surface area contributed by atoms with Gasteiger partial charge in [-0.25, -0.2) is 4.98 Å². The summed E-state index contributed by atoms with van der Waals surface area (Å²) in [7, 11) is 0. The molecule has 1 atom stereocenters. The van der Waals surface area contributed by atoms with Crippen molar-refractivity contribution in [2.24, 2.45) is 0 Å². The van der Waals surface area contributed by atoms with Crippen LogP contribution in [0.4, 0.5) is 0 Å². The zero-order valence-corrected chi connectivity index (χ0v) is 10.9. The fraction of sp³-hybridized carbons (Fsp3) is 0.538. The van der Waals surface area contributed by atoms with Crippen molar-refractivity contribution in [1.82, 2.24) is 9.88 Å². The Hall–Kier alpha value is -1.05. The average molecular weight is 247 g/mol. The molecular weight excluding hydrogens is 230 g/mol. The number of nitrogens with zero attached hydrogens (tertiary/aromatic N) is 3. The largest absolute Gasteiger partial charge is 0.288 e. The van der Waals surface area contributed by atoms with E-state index in [-0.39, 0.29) is 6.04 Å². The predicted octanol–water partition coefficient (Wildman–Crippen LogP) is 2.55. The predicted molar refractivity (Wildman–Crippen MR) is 69.8 cm³/mol. The van der Waals surface area contributed by atoms with Crippen molar-refractivity contribution in [3.8, 4) is 6.07 Å². The molecule has 4 heteroatoms. The molecule has 0 radical (unpaired) electrons. The first-order chi connectivity index (χ1) is 8.29. The highest BCUT2D eigenvalue weighted by Crippen LogP contribution is 2.29. The molecule has 1 aliphatic heterocycles. The highest BCUT2D eigenvalue weighted by molar-refractivity contribution is 7.99. The van der Waals surface area contributed by atoms with E-state index in [4.69, 9.17) is 5.26 Å². The second-order valence-corrected chi connectivity index (χ2v) is 5.65. The van der Waals surface area contributed by atoms with Gasteiger partial charge in [0.05, 0.1) is 17.1 Å². The lowest BCUT2D eigenvalue weighted by atomic mass is 10.1. The normalized spacial score (nSPS) is 19.8. The van der Waals surface area contributed by atoms with Crippen LogP contribution in [0.5, 0.6) is 0 Å².